The number of aliphatic hydroxyl groups is 1. The van der Waals surface area contributed by atoms with Gasteiger partial charge in [-0.2, -0.15) is 4.98 Å². The number of hydrogen-bond donors (Lipinski definition) is 3. The highest BCUT2D eigenvalue weighted by Gasteiger charge is 2.44. The summed E-state index contributed by atoms with van der Waals surface area (Å²) in [7, 11) is -3.83. The zero-order valence-corrected chi connectivity index (χ0v) is 22.2. The van der Waals surface area contributed by atoms with E-state index in [2.05, 4.69) is 19.9 Å². The molecule has 204 valence electrons. The van der Waals surface area contributed by atoms with Crippen LogP contribution in [0.5, 0.6) is 11.6 Å². The Kier molecular flexibility index (Phi) is 6.69. The SMILES string of the molecule is O=C(Nc1cc2c(c(OC3CCC3)n1)OCC2)c1ccc(S(=O)(=O)NCCO)cc1N1CCC2(CC1)CC2. The summed E-state index contributed by atoms with van der Waals surface area (Å²) in [6.07, 6.45) is 8.48. The Labute approximate surface area is 222 Å². The third-order valence-electron chi connectivity index (χ3n) is 8.26. The maximum atomic E-state index is 13.6. The lowest BCUT2D eigenvalue weighted by Gasteiger charge is -2.35. The Bertz CT molecular complexity index is 1330. The van der Waals surface area contributed by atoms with Crippen molar-refractivity contribution in [2.45, 2.75) is 62.4 Å². The van der Waals surface area contributed by atoms with Crippen molar-refractivity contribution < 1.29 is 27.8 Å². The molecule has 0 bridgehead atoms. The minimum atomic E-state index is -3.83. The van der Waals surface area contributed by atoms with Crippen LogP contribution in [0.15, 0.2) is 29.2 Å². The number of hydrogen-bond acceptors (Lipinski definition) is 8. The van der Waals surface area contributed by atoms with Crippen molar-refractivity contribution in [3.05, 3.63) is 35.4 Å². The van der Waals surface area contributed by atoms with Crippen LogP contribution in [0, 0.1) is 5.41 Å². The van der Waals surface area contributed by atoms with Gasteiger partial charge in [0.2, 0.25) is 10.0 Å². The Morgan fingerprint density at radius 1 is 1.18 bits per heavy atom. The summed E-state index contributed by atoms with van der Waals surface area (Å²) in [6, 6.07) is 6.37. The molecule has 3 N–H and O–H groups in total. The number of carbonyl (C=O) groups is 1. The van der Waals surface area contributed by atoms with Gasteiger partial charge in [-0.05, 0) is 74.6 Å². The summed E-state index contributed by atoms with van der Waals surface area (Å²) in [5.74, 6) is 1.10. The molecule has 3 heterocycles. The molecule has 4 aliphatic rings. The zero-order valence-electron chi connectivity index (χ0n) is 21.4. The zero-order chi connectivity index (χ0) is 26.3. The number of anilines is 2. The normalized spacial score (nSPS) is 20.0. The maximum Gasteiger partial charge on any atom is 0.259 e. The molecule has 10 nitrogen and oxygen atoms in total. The van der Waals surface area contributed by atoms with Crippen molar-refractivity contribution in [2.75, 3.05) is 43.1 Å². The van der Waals surface area contributed by atoms with Crippen molar-refractivity contribution in [2.24, 2.45) is 5.41 Å². The van der Waals surface area contributed by atoms with Crippen LogP contribution < -0.4 is 24.4 Å². The van der Waals surface area contributed by atoms with Crippen LogP contribution in [0.2, 0.25) is 0 Å². The van der Waals surface area contributed by atoms with Crippen molar-refractivity contribution >= 4 is 27.4 Å². The third-order valence-corrected chi connectivity index (χ3v) is 9.72. The van der Waals surface area contributed by atoms with Gasteiger partial charge in [-0.3, -0.25) is 4.79 Å². The number of piperidine rings is 1. The number of nitrogens with one attached hydrogen (secondary N) is 2. The minimum Gasteiger partial charge on any atom is -0.487 e. The molecule has 1 aromatic heterocycles. The predicted octanol–water partition coefficient (Wildman–Crippen LogP) is 2.85. The first kappa shape index (κ1) is 25.4. The van der Waals surface area contributed by atoms with Crippen molar-refractivity contribution in [1.82, 2.24) is 9.71 Å². The van der Waals surface area contributed by atoms with Crippen LogP contribution in [0.1, 0.15) is 60.9 Å². The van der Waals surface area contributed by atoms with Crippen LogP contribution >= 0.6 is 0 Å². The Balaban J connectivity index is 1.29. The lowest BCUT2D eigenvalue weighted by atomic mass is 9.93. The third kappa shape index (κ3) is 5.06. The van der Waals surface area contributed by atoms with Crippen LogP contribution in [-0.4, -0.2) is 63.4 Å². The van der Waals surface area contributed by atoms with E-state index in [1.165, 1.54) is 18.9 Å². The number of nitrogens with zero attached hydrogens (tertiary/aromatic N) is 2. The molecule has 1 spiro atoms. The van der Waals surface area contributed by atoms with E-state index in [9.17, 15) is 13.2 Å². The van der Waals surface area contributed by atoms with Gasteiger partial charge in [0.25, 0.3) is 11.8 Å². The number of sulfonamides is 1. The molecule has 11 heteroatoms. The summed E-state index contributed by atoms with van der Waals surface area (Å²) in [5.41, 5.74) is 2.35. The second kappa shape index (κ2) is 10.0. The van der Waals surface area contributed by atoms with Crippen LogP contribution in [0.25, 0.3) is 0 Å². The summed E-state index contributed by atoms with van der Waals surface area (Å²) in [5, 5.41) is 12.0. The smallest absolute Gasteiger partial charge is 0.259 e. The molecule has 3 fully saturated rings. The highest BCUT2D eigenvalue weighted by molar-refractivity contribution is 7.89. The van der Waals surface area contributed by atoms with E-state index in [-0.39, 0.29) is 30.1 Å². The number of aromatic nitrogens is 1. The van der Waals surface area contributed by atoms with E-state index >= 15 is 0 Å². The van der Waals surface area contributed by atoms with Gasteiger partial charge < -0.3 is 24.8 Å². The van der Waals surface area contributed by atoms with Crippen molar-refractivity contribution in [3.63, 3.8) is 0 Å². The Morgan fingerprint density at radius 2 is 1.97 bits per heavy atom. The molecule has 1 saturated heterocycles. The molecule has 38 heavy (non-hydrogen) atoms. The van der Waals surface area contributed by atoms with Gasteiger partial charge in [0.05, 0.1) is 29.4 Å². The van der Waals surface area contributed by atoms with Crippen LogP contribution in [0.4, 0.5) is 11.5 Å². The van der Waals surface area contributed by atoms with Crippen LogP contribution in [0.3, 0.4) is 0 Å². The maximum absolute atomic E-state index is 13.6. The number of aliphatic hydroxyl groups excluding tert-OH is 1. The number of ether oxygens (including phenoxy) is 2. The fourth-order valence-electron chi connectivity index (χ4n) is 5.43. The molecule has 1 aromatic carbocycles. The highest BCUT2D eigenvalue weighted by Crippen LogP contribution is 2.54. The van der Waals surface area contributed by atoms with Gasteiger partial charge >= 0.3 is 0 Å². The van der Waals surface area contributed by atoms with Crippen molar-refractivity contribution in [1.29, 1.82) is 0 Å². The molecule has 2 saturated carbocycles. The van der Waals surface area contributed by atoms with E-state index < -0.39 is 10.0 Å². The fourth-order valence-corrected chi connectivity index (χ4v) is 6.47. The molecule has 2 aromatic rings. The number of amides is 1. The lowest BCUT2D eigenvalue weighted by molar-refractivity contribution is 0.102. The molecule has 0 unspecified atom stereocenters. The van der Waals surface area contributed by atoms with E-state index in [0.29, 0.717) is 40.7 Å². The number of benzene rings is 1. The van der Waals surface area contributed by atoms with E-state index in [1.807, 2.05) is 6.07 Å². The Hall–Kier alpha value is -2.89. The molecular formula is C27H34N4O6S. The van der Waals surface area contributed by atoms with Gasteiger partial charge in [-0.1, -0.05) is 0 Å². The molecule has 0 radical (unpaired) electrons. The second-order valence-corrected chi connectivity index (χ2v) is 12.6. The average molecular weight is 543 g/mol. The molecule has 0 atom stereocenters. The monoisotopic (exact) mass is 542 g/mol. The fraction of sp³-hybridized carbons (Fsp3) is 0.556. The standard InChI is InChI=1S/C27H34N4O6S/c32-14-11-28-38(34,35)20-4-5-21(22(17-20)31-12-9-27(7-8-27)10-13-31)25(33)29-23-16-18-6-15-36-24(18)26(30-23)37-19-2-1-3-19/h4-5,16-17,19,28,32H,1-3,6-15H2,(H,29,30,33). The number of pyridine rings is 1. The summed E-state index contributed by atoms with van der Waals surface area (Å²) in [6.45, 7) is 1.71. The predicted molar refractivity (Wildman–Crippen MR) is 141 cm³/mol. The van der Waals surface area contributed by atoms with Gasteiger partial charge in [-0.15, -0.1) is 0 Å². The van der Waals surface area contributed by atoms with Crippen LogP contribution in [-0.2, 0) is 16.4 Å². The van der Waals surface area contributed by atoms with E-state index in [0.717, 1.165) is 57.2 Å². The van der Waals surface area contributed by atoms with E-state index in [4.69, 9.17) is 14.6 Å². The van der Waals surface area contributed by atoms with E-state index in [1.54, 1.807) is 12.1 Å². The van der Waals surface area contributed by atoms with Gasteiger partial charge in [-0.25, -0.2) is 13.1 Å². The second-order valence-electron chi connectivity index (χ2n) is 10.8. The molecule has 1 amide bonds. The lowest BCUT2D eigenvalue weighted by Crippen LogP contribution is -2.36. The molecule has 2 aliphatic heterocycles. The first-order valence-electron chi connectivity index (χ1n) is 13.5. The first-order chi connectivity index (χ1) is 18.4. The number of carbonyl (C=O) groups excluding carboxylic acids is 1. The van der Waals surface area contributed by atoms with Gasteiger partial charge in [0.15, 0.2) is 5.75 Å². The summed E-state index contributed by atoms with van der Waals surface area (Å²) < 4.78 is 39.8. The highest BCUT2D eigenvalue weighted by atomic mass is 32.2. The summed E-state index contributed by atoms with van der Waals surface area (Å²) in [4.78, 5) is 20.3. The van der Waals surface area contributed by atoms with Crippen molar-refractivity contribution in [3.8, 4) is 11.6 Å². The molecule has 6 rings (SSSR count). The average Bonchev–Trinajstić information content (AvgIpc) is 3.46. The number of rotatable bonds is 9. The molecule has 2 aliphatic carbocycles. The largest absolute Gasteiger partial charge is 0.487 e. The minimum absolute atomic E-state index is 0.0631. The first-order valence-corrected chi connectivity index (χ1v) is 15.0. The quantitative estimate of drug-likeness (QED) is 0.441. The van der Waals surface area contributed by atoms with Gasteiger partial charge in [0, 0.05) is 31.6 Å². The van der Waals surface area contributed by atoms with Gasteiger partial charge in [0.1, 0.15) is 11.9 Å². The number of fused-ring (bicyclic) bond motifs is 1. The topological polar surface area (TPSA) is 130 Å². The molecular weight excluding hydrogens is 508 g/mol. The Morgan fingerprint density at radius 3 is 2.66 bits per heavy atom. The summed E-state index contributed by atoms with van der Waals surface area (Å²) >= 11 is 0.